The van der Waals surface area contributed by atoms with Gasteiger partial charge in [0.2, 0.25) is 11.8 Å². The molecular weight excluding hydrogens is 360 g/mol. The molecular formula is C20H22N4O4. The van der Waals surface area contributed by atoms with Gasteiger partial charge in [0.15, 0.2) is 0 Å². The van der Waals surface area contributed by atoms with Crippen LogP contribution in [0.25, 0.3) is 0 Å². The Morgan fingerprint density at radius 3 is 2.89 bits per heavy atom. The summed E-state index contributed by atoms with van der Waals surface area (Å²) in [6, 6.07) is 6.96. The van der Waals surface area contributed by atoms with E-state index in [9.17, 15) is 14.4 Å². The first-order valence-corrected chi connectivity index (χ1v) is 9.58. The Hall–Kier alpha value is -2.92. The summed E-state index contributed by atoms with van der Waals surface area (Å²) in [6.07, 6.45) is 2.53. The van der Waals surface area contributed by atoms with E-state index in [1.54, 1.807) is 12.1 Å². The monoisotopic (exact) mass is 382 g/mol. The number of ether oxygens (including phenoxy) is 1. The van der Waals surface area contributed by atoms with Gasteiger partial charge in [-0.3, -0.25) is 24.6 Å². The largest absolute Gasteiger partial charge is 0.489 e. The summed E-state index contributed by atoms with van der Waals surface area (Å²) in [5.74, 6) is -0.193. The Morgan fingerprint density at radius 1 is 1.25 bits per heavy atom. The minimum absolute atomic E-state index is 0.0171. The van der Waals surface area contributed by atoms with Crippen molar-refractivity contribution in [2.24, 2.45) is 0 Å². The normalized spacial score (nSPS) is 25.2. The number of likely N-dealkylation sites (tertiary alicyclic amines) is 1. The van der Waals surface area contributed by atoms with Crippen LogP contribution in [0, 0.1) is 11.3 Å². The molecule has 8 heteroatoms. The summed E-state index contributed by atoms with van der Waals surface area (Å²) in [5, 5.41) is 11.2. The lowest BCUT2D eigenvalue weighted by Crippen LogP contribution is -2.52. The maximum atomic E-state index is 12.7. The number of carbonyl (C=O) groups excluding carboxylic acids is 3. The summed E-state index contributed by atoms with van der Waals surface area (Å²) in [5.41, 5.74) is 1.41. The van der Waals surface area contributed by atoms with Crippen LogP contribution in [0.1, 0.15) is 41.6 Å². The second-order valence-electron chi connectivity index (χ2n) is 7.49. The van der Waals surface area contributed by atoms with Gasteiger partial charge in [-0.1, -0.05) is 0 Å². The van der Waals surface area contributed by atoms with Crippen LogP contribution < -0.4 is 10.1 Å². The molecule has 8 nitrogen and oxygen atoms in total. The quantitative estimate of drug-likeness (QED) is 0.611. The van der Waals surface area contributed by atoms with Crippen LogP contribution in [-0.4, -0.2) is 59.3 Å². The van der Waals surface area contributed by atoms with Gasteiger partial charge in [-0.15, -0.1) is 0 Å². The fraction of sp³-hybridized carbons (Fsp3) is 0.500. The second-order valence-corrected chi connectivity index (χ2v) is 7.49. The van der Waals surface area contributed by atoms with Gasteiger partial charge >= 0.3 is 0 Å². The van der Waals surface area contributed by atoms with Crippen molar-refractivity contribution in [3.63, 3.8) is 0 Å². The van der Waals surface area contributed by atoms with Gasteiger partial charge in [-0.2, -0.15) is 5.26 Å². The van der Waals surface area contributed by atoms with E-state index in [2.05, 4.69) is 16.3 Å². The number of fused-ring (bicyclic) bond motifs is 1. The zero-order chi connectivity index (χ0) is 19.7. The van der Waals surface area contributed by atoms with Gasteiger partial charge in [-0.25, -0.2) is 0 Å². The van der Waals surface area contributed by atoms with E-state index in [-0.39, 0.29) is 24.3 Å². The van der Waals surface area contributed by atoms with Crippen LogP contribution in [-0.2, 0) is 16.1 Å². The highest BCUT2D eigenvalue weighted by molar-refractivity contribution is 6.05. The van der Waals surface area contributed by atoms with Gasteiger partial charge in [0.1, 0.15) is 17.9 Å². The topological polar surface area (TPSA) is 103 Å². The van der Waals surface area contributed by atoms with E-state index in [1.807, 2.05) is 6.07 Å². The Morgan fingerprint density at radius 2 is 2.11 bits per heavy atom. The zero-order valence-electron chi connectivity index (χ0n) is 15.5. The standard InChI is InChI=1S/C20H22N4O4/c21-7-9-23-8-1-2-15(12-23)28-14-3-4-16-13(10-14)11-24(20(16)27)17-5-6-18(25)22-19(17)26/h3-4,10,15,17H,1-2,5-6,8-9,11-12H2,(H,22,25,26). The molecule has 2 atom stereocenters. The summed E-state index contributed by atoms with van der Waals surface area (Å²) < 4.78 is 6.10. The van der Waals surface area contributed by atoms with Crippen molar-refractivity contribution in [2.75, 3.05) is 19.6 Å². The lowest BCUT2D eigenvalue weighted by atomic mass is 10.0. The summed E-state index contributed by atoms with van der Waals surface area (Å²) >= 11 is 0. The first-order valence-electron chi connectivity index (χ1n) is 9.58. The van der Waals surface area contributed by atoms with E-state index in [0.29, 0.717) is 37.4 Å². The molecule has 4 rings (SSSR count). The summed E-state index contributed by atoms with van der Waals surface area (Å²) in [7, 11) is 0. The van der Waals surface area contributed by atoms with Crippen LogP contribution in [0.5, 0.6) is 5.75 Å². The number of nitriles is 1. The van der Waals surface area contributed by atoms with Gasteiger partial charge in [0.25, 0.3) is 5.91 Å². The van der Waals surface area contributed by atoms with Crippen LogP contribution in [0.4, 0.5) is 0 Å². The second kappa shape index (κ2) is 7.60. The molecule has 0 aliphatic carbocycles. The highest BCUT2D eigenvalue weighted by atomic mass is 16.5. The van der Waals surface area contributed by atoms with Gasteiger partial charge < -0.3 is 9.64 Å². The fourth-order valence-corrected chi connectivity index (χ4v) is 4.17. The van der Waals surface area contributed by atoms with Crippen molar-refractivity contribution < 1.29 is 19.1 Å². The number of benzene rings is 1. The van der Waals surface area contributed by atoms with Crippen molar-refractivity contribution in [3.05, 3.63) is 29.3 Å². The average Bonchev–Trinajstić information content (AvgIpc) is 2.98. The zero-order valence-corrected chi connectivity index (χ0v) is 15.5. The Labute approximate surface area is 163 Å². The smallest absolute Gasteiger partial charge is 0.255 e. The molecule has 2 saturated heterocycles. The molecule has 0 spiro atoms. The van der Waals surface area contributed by atoms with E-state index >= 15 is 0 Å². The van der Waals surface area contributed by atoms with Crippen molar-refractivity contribution in [1.29, 1.82) is 5.26 Å². The predicted molar refractivity (Wildman–Crippen MR) is 98.2 cm³/mol. The van der Waals surface area contributed by atoms with Crippen LogP contribution >= 0.6 is 0 Å². The lowest BCUT2D eigenvalue weighted by molar-refractivity contribution is -0.136. The molecule has 1 aromatic rings. The van der Waals surface area contributed by atoms with E-state index < -0.39 is 11.9 Å². The number of rotatable bonds is 4. The highest BCUT2D eigenvalue weighted by Crippen LogP contribution is 2.31. The van der Waals surface area contributed by atoms with E-state index in [1.165, 1.54) is 4.90 Å². The maximum absolute atomic E-state index is 12.7. The molecule has 28 heavy (non-hydrogen) atoms. The first-order chi connectivity index (χ1) is 13.5. The van der Waals surface area contributed by atoms with Crippen molar-refractivity contribution >= 4 is 17.7 Å². The molecule has 0 bridgehead atoms. The third kappa shape index (κ3) is 3.58. The molecule has 3 heterocycles. The maximum Gasteiger partial charge on any atom is 0.255 e. The van der Waals surface area contributed by atoms with Crippen molar-refractivity contribution in [2.45, 2.75) is 44.4 Å². The fourth-order valence-electron chi connectivity index (χ4n) is 4.17. The minimum Gasteiger partial charge on any atom is -0.489 e. The third-order valence-corrected chi connectivity index (χ3v) is 5.55. The molecule has 2 fully saturated rings. The molecule has 3 aliphatic heterocycles. The molecule has 1 N–H and O–H groups in total. The molecule has 1 aromatic carbocycles. The number of nitrogens with one attached hydrogen (secondary N) is 1. The molecule has 0 saturated carbocycles. The Balaban J connectivity index is 1.44. The first kappa shape index (κ1) is 18.4. The lowest BCUT2D eigenvalue weighted by Gasteiger charge is -2.31. The molecule has 0 aromatic heterocycles. The van der Waals surface area contributed by atoms with Gasteiger partial charge in [0.05, 0.1) is 12.6 Å². The molecule has 146 valence electrons. The SMILES string of the molecule is N#CCN1CCCC(Oc2ccc3c(c2)CN(C2CCC(=O)NC2=O)C3=O)C1. The predicted octanol–water partition coefficient (Wildman–Crippen LogP) is 0.814. The van der Waals surface area contributed by atoms with E-state index in [0.717, 1.165) is 24.9 Å². The van der Waals surface area contributed by atoms with Gasteiger partial charge in [0, 0.05) is 25.1 Å². The summed E-state index contributed by atoms with van der Waals surface area (Å²) in [4.78, 5) is 39.8. The van der Waals surface area contributed by atoms with Crippen molar-refractivity contribution in [3.8, 4) is 11.8 Å². The number of hydrogen-bond acceptors (Lipinski definition) is 6. The Kier molecular flexibility index (Phi) is 5.01. The molecule has 2 unspecified atom stereocenters. The van der Waals surface area contributed by atoms with Crippen LogP contribution in [0.2, 0.25) is 0 Å². The average molecular weight is 382 g/mol. The number of piperidine rings is 2. The van der Waals surface area contributed by atoms with Crippen LogP contribution in [0.3, 0.4) is 0 Å². The number of nitrogens with zero attached hydrogens (tertiary/aromatic N) is 3. The van der Waals surface area contributed by atoms with Crippen molar-refractivity contribution in [1.82, 2.24) is 15.1 Å². The molecule has 3 amide bonds. The number of imide groups is 1. The third-order valence-electron chi connectivity index (χ3n) is 5.55. The number of amides is 3. The number of carbonyl (C=O) groups is 3. The highest BCUT2D eigenvalue weighted by Gasteiger charge is 2.39. The van der Waals surface area contributed by atoms with Crippen LogP contribution in [0.15, 0.2) is 18.2 Å². The number of hydrogen-bond donors (Lipinski definition) is 1. The molecule has 3 aliphatic rings. The van der Waals surface area contributed by atoms with E-state index in [4.69, 9.17) is 10.00 Å². The Bertz CT molecular complexity index is 862. The van der Waals surface area contributed by atoms with Gasteiger partial charge in [-0.05, 0) is 49.6 Å². The summed E-state index contributed by atoms with van der Waals surface area (Å²) in [6.45, 7) is 2.36. The minimum atomic E-state index is -0.611. The molecule has 0 radical (unpaired) electrons.